The van der Waals surface area contributed by atoms with E-state index in [0.717, 1.165) is 11.1 Å². The van der Waals surface area contributed by atoms with Crippen LogP contribution in [0.4, 0.5) is 4.79 Å². The van der Waals surface area contributed by atoms with Gasteiger partial charge in [0, 0.05) is 5.57 Å². The second kappa shape index (κ2) is 6.57. The number of aryl methyl sites for hydroxylation is 1. The SMILES string of the molecule is C=C(C(C)=O)[C@@H](NC(=O)OC(C)(C)C)c1ccc(C)cc1. The lowest BCUT2D eigenvalue weighted by molar-refractivity contribution is -0.113. The fourth-order valence-electron chi connectivity index (χ4n) is 1.76. The van der Waals surface area contributed by atoms with Crippen LogP contribution in [0.25, 0.3) is 0 Å². The zero-order chi connectivity index (χ0) is 16.2. The summed E-state index contributed by atoms with van der Waals surface area (Å²) in [6.45, 7) is 12.5. The van der Waals surface area contributed by atoms with E-state index in [4.69, 9.17) is 4.74 Å². The summed E-state index contributed by atoms with van der Waals surface area (Å²) in [6, 6.07) is 6.99. The molecule has 4 nitrogen and oxygen atoms in total. The van der Waals surface area contributed by atoms with E-state index in [1.165, 1.54) is 6.92 Å². The predicted molar refractivity (Wildman–Crippen MR) is 83.1 cm³/mol. The number of alkyl carbamates (subject to hydrolysis) is 1. The molecule has 114 valence electrons. The Bertz CT molecular complexity index is 538. The zero-order valence-corrected chi connectivity index (χ0v) is 13.3. The molecule has 0 saturated carbocycles. The fraction of sp³-hybridized carbons (Fsp3) is 0.412. The van der Waals surface area contributed by atoms with Crippen molar-refractivity contribution in [3.8, 4) is 0 Å². The Balaban J connectivity index is 2.98. The average molecular weight is 289 g/mol. The van der Waals surface area contributed by atoms with Crippen molar-refractivity contribution in [2.24, 2.45) is 0 Å². The summed E-state index contributed by atoms with van der Waals surface area (Å²) in [5.41, 5.74) is 1.62. The number of carbonyl (C=O) groups is 2. The maximum Gasteiger partial charge on any atom is 0.408 e. The molecular weight excluding hydrogens is 266 g/mol. The van der Waals surface area contributed by atoms with Gasteiger partial charge in [0.05, 0.1) is 6.04 Å². The smallest absolute Gasteiger partial charge is 0.408 e. The standard InChI is InChI=1S/C17H23NO3/c1-11-7-9-14(10-8-11)15(12(2)13(3)19)18-16(20)21-17(4,5)6/h7-10,15H,2H2,1,3-6H3,(H,18,20)/t15-/m1/s1. The first kappa shape index (κ1) is 17.0. The minimum absolute atomic E-state index is 0.170. The molecule has 0 spiro atoms. The number of nitrogens with one attached hydrogen (secondary N) is 1. The molecule has 0 aliphatic heterocycles. The van der Waals surface area contributed by atoms with Crippen LogP contribution in [-0.4, -0.2) is 17.5 Å². The van der Waals surface area contributed by atoms with Gasteiger partial charge in [0.1, 0.15) is 5.60 Å². The molecule has 0 aliphatic rings. The third-order valence-corrected chi connectivity index (χ3v) is 2.87. The van der Waals surface area contributed by atoms with E-state index in [0.29, 0.717) is 5.57 Å². The first-order valence-corrected chi connectivity index (χ1v) is 6.86. The summed E-state index contributed by atoms with van der Waals surface area (Å²) in [6.07, 6.45) is -0.574. The van der Waals surface area contributed by atoms with E-state index in [9.17, 15) is 9.59 Å². The summed E-state index contributed by atoms with van der Waals surface area (Å²) >= 11 is 0. The molecule has 0 bridgehead atoms. The number of Topliss-reactive ketones (excluding diaryl/α,β-unsaturated/α-hetero) is 1. The second-order valence-corrected chi connectivity index (χ2v) is 6.07. The summed E-state index contributed by atoms with van der Waals surface area (Å²) in [7, 11) is 0. The maximum atomic E-state index is 12.0. The van der Waals surface area contributed by atoms with Crippen molar-refractivity contribution in [3.05, 3.63) is 47.5 Å². The molecule has 0 radical (unpaired) electrons. The quantitative estimate of drug-likeness (QED) is 0.860. The second-order valence-electron chi connectivity index (χ2n) is 6.07. The van der Waals surface area contributed by atoms with Gasteiger partial charge in [0.15, 0.2) is 5.78 Å². The van der Waals surface area contributed by atoms with E-state index in [1.807, 2.05) is 31.2 Å². The third kappa shape index (κ3) is 5.42. The van der Waals surface area contributed by atoms with E-state index in [2.05, 4.69) is 11.9 Å². The van der Waals surface area contributed by atoms with Crippen LogP contribution in [0.15, 0.2) is 36.4 Å². The number of hydrogen-bond donors (Lipinski definition) is 1. The van der Waals surface area contributed by atoms with Crippen molar-refractivity contribution in [1.29, 1.82) is 0 Å². The Morgan fingerprint density at radius 1 is 1.19 bits per heavy atom. The molecule has 0 fully saturated rings. The fourth-order valence-corrected chi connectivity index (χ4v) is 1.76. The van der Waals surface area contributed by atoms with Crippen LogP contribution in [-0.2, 0) is 9.53 Å². The highest BCUT2D eigenvalue weighted by Crippen LogP contribution is 2.22. The number of ether oxygens (including phenoxy) is 1. The van der Waals surface area contributed by atoms with Gasteiger partial charge in [-0.05, 0) is 40.2 Å². The van der Waals surface area contributed by atoms with Crippen LogP contribution in [0.3, 0.4) is 0 Å². The van der Waals surface area contributed by atoms with E-state index in [-0.39, 0.29) is 5.78 Å². The van der Waals surface area contributed by atoms with E-state index in [1.54, 1.807) is 20.8 Å². The summed E-state index contributed by atoms with van der Waals surface area (Å²) in [4.78, 5) is 23.6. The normalized spacial score (nSPS) is 12.4. The number of amides is 1. The van der Waals surface area contributed by atoms with Crippen LogP contribution in [0.2, 0.25) is 0 Å². The lowest BCUT2D eigenvalue weighted by Crippen LogP contribution is -2.36. The molecule has 1 aromatic carbocycles. The van der Waals surface area contributed by atoms with Gasteiger partial charge in [-0.1, -0.05) is 36.4 Å². The number of benzene rings is 1. The molecule has 1 rings (SSSR count). The Hall–Kier alpha value is -2.10. The minimum Gasteiger partial charge on any atom is -0.444 e. The summed E-state index contributed by atoms with van der Waals surface area (Å²) in [5, 5.41) is 2.71. The van der Waals surface area contributed by atoms with Crippen molar-refractivity contribution >= 4 is 11.9 Å². The van der Waals surface area contributed by atoms with Crippen molar-refractivity contribution in [2.75, 3.05) is 0 Å². The van der Waals surface area contributed by atoms with Crippen molar-refractivity contribution in [2.45, 2.75) is 46.3 Å². The van der Waals surface area contributed by atoms with Gasteiger partial charge in [0.25, 0.3) is 0 Å². The topological polar surface area (TPSA) is 55.4 Å². The van der Waals surface area contributed by atoms with Crippen molar-refractivity contribution < 1.29 is 14.3 Å². The molecule has 4 heteroatoms. The lowest BCUT2D eigenvalue weighted by atomic mass is 9.97. The molecule has 21 heavy (non-hydrogen) atoms. The summed E-state index contributed by atoms with van der Waals surface area (Å²) < 4.78 is 5.24. The zero-order valence-electron chi connectivity index (χ0n) is 13.3. The molecule has 1 aromatic rings. The highest BCUT2D eigenvalue weighted by Gasteiger charge is 2.24. The molecule has 0 heterocycles. The van der Waals surface area contributed by atoms with Gasteiger partial charge in [-0.3, -0.25) is 4.79 Å². The van der Waals surface area contributed by atoms with Gasteiger partial charge in [-0.15, -0.1) is 0 Å². The molecular formula is C17H23NO3. The molecule has 1 atom stereocenters. The lowest BCUT2D eigenvalue weighted by Gasteiger charge is -2.24. The molecule has 0 aromatic heterocycles. The van der Waals surface area contributed by atoms with Crippen molar-refractivity contribution in [3.63, 3.8) is 0 Å². The van der Waals surface area contributed by atoms with Gasteiger partial charge >= 0.3 is 6.09 Å². The van der Waals surface area contributed by atoms with Crippen LogP contribution in [0, 0.1) is 6.92 Å². The first-order chi connectivity index (χ1) is 9.60. The van der Waals surface area contributed by atoms with E-state index >= 15 is 0 Å². The predicted octanol–water partition coefficient (Wildman–Crippen LogP) is 3.71. The monoisotopic (exact) mass is 289 g/mol. The molecule has 0 aliphatic carbocycles. The Kier molecular flexibility index (Phi) is 5.30. The van der Waals surface area contributed by atoms with Gasteiger partial charge in [-0.25, -0.2) is 4.79 Å². The molecule has 1 amide bonds. The van der Waals surface area contributed by atoms with Gasteiger partial charge < -0.3 is 10.1 Å². The van der Waals surface area contributed by atoms with Crippen LogP contribution in [0.5, 0.6) is 0 Å². The van der Waals surface area contributed by atoms with Crippen LogP contribution < -0.4 is 5.32 Å². The molecule has 0 unspecified atom stereocenters. The van der Waals surface area contributed by atoms with Crippen LogP contribution >= 0.6 is 0 Å². The average Bonchev–Trinajstić information content (AvgIpc) is 2.34. The van der Waals surface area contributed by atoms with E-state index < -0.39 is 17.7 Å². The number of hydrogen-bond acceptors (Lipinski definition) is 3. The largest absolute Gasteiger partial charge is 0.444 e. The summed E-state index contributed by atoms with van der Waals surface area (Å²) in [5.74, 6) is -0.170. The Labute approximate surface area is 126 Å². The molecule has 1 N–H and O–H groups in total. The highest BCUT2D eigenvalue weighted by molar-refractivity contribution is 5.94. The molecule has 0 saturated heterocycles. The third-order valence-electron chi connectivity index (χ3n) is 2.87. The van der Waals surface area contributed by atoms with Crippen LogP contribution in [0.1, 0.15) is 44.9 Å². The highest BCUT2D eigenvalue weighted by atomic mass is 16.6. The number of ketones is 1. The number of carbonyl (C=O) groups excluding carboxylic acids is 2. The van der Waals surface area contributed by atoms with Gasteiger partial charge in [0.2, 0.25) is 0 Å². The number of rotatable bonds is 4. The first-order valence-electron chi connectivity index (χ1n) is 6.86. The maximum absolute atomic E-state index is 12.0. The van der Waals surface area contributed by atoms with Crippen molar-refractivity contribution in [1.82, 2.24) is 5.32 Å². The Morgan fingerprint density at radius 2 is 1.71 bits per heavy atom. The van der Waals surface area contributed by atoms with Gasteiger partial charge in [-0.2, -0.15) is 0 Å². The Morgan fingerprint density at radius 3 is 2.14 bits per heavy atom. The minimum atomic E-state index is -0.598.